The Morgan fingerprint density at radius 1 is 1.29 bits per heavy atom. The summed E-state index contributed by atoms with van der Waals surface area (Å²) >= 11 is 0. The van der Waals surface area contributed by atoms with Crippen LogP contribution >= 0.6 is 0 Å². The number of fused-ring (bicyclic) bond motifs is 3. The maximum Gasteiger partial charge on any atom is 0.354 e. The van der Waals surface area contributed by atoms with Gasteiger partial charge in [-0.1, -0.05) is 18.2 Å². The van der Waals surface area contributed by atoms with Gasteiger partial charge in [-0.15, -0.1) is 6.58 Å². The van der Waals surface area contributed by atoms with E-state index in [0.717, 1.165) is 12.8 Å². The fourth-order valence-electron chi connectivity index (χ4n) is 3.87. The van der Waals surface area contributed by atoms with Gasteiger partial charge >= 0.3 is 5.97 Å². The standard InChI is InChI=1S/C20H21N3O5/c1-2-11-22-18(26)14-5-3-4-6-15(14)23-17(25)9-10-20(22,23)19(27)28-12-16(24)21-13-7-8-13/h2-6,13H,1,7-12H2,(H,21,24)/t20-/m0/s1. The van der Waals surface area contributed by atoms with E-state index in [1.54, 1.807) is 24.3 Å². The number of nitrogens with one attached hydrogen (secondary N) is 1. The van der Waals surface area contributed by atoms with Crippen LogP contribution in [0.25, 0.3) is 0 Å². The van der Waals surface area contributed by atoms with Crippen LogP contribution in [0.1, 0.15) is 36.0 Å². The van der Waals surface area contributed by atoms with Crippen LogP contribution in [0.2, 0.25) is 0 Å². The molecule has 0 aromatic heterocycles. The third-order valence-electron chi connectivity index (χ3n) is 5.29. The number of carbonyl (C=O) groups is 4. The van der Waals surface area contributed by atoms with Gasteiger partial charge in [-0.3, -0.25) is 19.3 Å². The molecule has 3 amide bonds. The Morgan fingerprint density at radius 2 is 2.04 bits per heavy atom. The molecule has 0 spiro atoms. The predicted octanol–water partition coefficient (Wildman–Crippen LogP) is 0.973. The Kier molecular flexibility index (Phi) is 4.41. The van der Waals surface area contributed by atoms with Crippen molar-refractivity contribution < 1.29 is 23.9 Å². The zero-order valence-electron chi connectivity index (χ0n) is 15.3. The number of para-hydroxylation sites is 1. The zero-order chi connectivity index (χ0) is 19.9. The number of esters is 1. The maximum absolute atomic E-state index is 13.2. The van der Waals surface area contributed by atoms with Crippen LogP contribution in [-0.2, 0) is 19.1 Å². The van der Waals surface area contributed by atoms with Crippen molar-refractivity contribution in [3.8, 4) is 0 Å². The molecule has 0 unspecified atom stereocenters. The predicted molar refractivity (Wildman–Crippen MR) is 99.3 cm³/mol. The molecule has 1 aromatic rings. The van der Waals surface area contributed by atoms with Gasteiger partial charge in [0.15, 0.2) is 6.61 Å². The van der Waals surface area contributed by atoms with Gasteiger partial charge in [0, 0.05) is 25.4 Å². The minimum absolute atomic E-state index is 0.0698. The van der Waals surface area contributed by atoms with Crippen molar-refractivity contribution in [3.63, 3.8) is 0 Å². The summed E-state index contributed by atoms with van der Waals surface area (Å²) in [5, 5.41) is 2.75. The third-order valence-corrected chi connectivity index (χ3v) is 5.29. The average molecular weight is 383 g/mol. The summed E-state index contributed by atoms with van der Waals surface area (Å²) in [6, 6.07) is 6.83. The van der Waals surface area contributed by atoms with Crippen LogP contribution in [0.4, 0.5) is 5.69 Å². The highest BCUT2D eigenvalue weighted by Gasteiger charge is 2.61. The first-order valence-corrected chi connectivity index (χ1v) is 9.30. The van der Waals surface area contributed by atoms with Crippen LogP contribution in [0.15, 0.2) is 36.9 Å². The highest BCUT2D eigenvalue weighted by atomic mass is 16.5. The molecule has 1 saturated carbocycles. The Labute approximate surface area is 162 Å². The van der Waals surface area contributed by atoms with Crippen molar-refractivity contribution in [1.29, 1.82) is 0 Å². The molecule has 146 valence electrons. The minimum Gasteiger partial charge on any atom is -0.452 e. The molecule has 8 heteroatoms. The van der Waals surface area contributed by atoms with E-state index >= 15 is 0 Å². The Morgan fingerprint density at radius 3 is 2.75 bits per heavy atom. The van der Waals surface area contributed by atoms with Gasteiger partial charge < -0.3 is 15.0 Å². The number of carbonyl (C=O) groups excluding carboxylic acids is 4. The molecule has 4 rings (SSSR count). The number of anilines is 1. The fourth-order valence-corrected chi connectivity index (χ4v) is 3.87. The molecule has 2 heterocycles. The van der Waals surface area contributed by atoms with Crippen LogP contribution in [0.5, 0.6) is 0 Å². The summed E-state index contributed by atoms with van der Waals surface area (Å²) < 4.78 is 5.29. The van der Waals surface area contributed by atoms with Crippen LogP contribution in [0, 0.1) is 0 Å². The lowest BCUT2D eigenvalue weighted by atomic mass is 9.96. The summed E-state index contributed by atoms with van der Waals surface area (Å²) in [6.45, 7) is 3.29. The molecule has 1 aromatic carbocycles. The van der Waals surface area contributed by atoms with Crippen molar-refractivity contribution in [2.75, 3.05) is 18.1 Å². The van der Waals surface area contributed by atoms with Gasteiger partial charge in [0.25, 0.3) is 11.8 Å². The molecular formula is C20H21N3O5. The summed E-state index contributed by atoms with van der Waals surface area (Å²) in [4.78, 5) is 53.6. The van der Waals surface area contributed by atoms with E-state index in [2.05, 4.69) is 11.9 Å². The molecule has 28 heavy (non-hydrogen) atoms. The zero-order valence-corrected chi connectivity index (χ0v) is 15.3. The number of hydrogen-bond donors (Lipinski definition) is 1. The van der Waals surface area contributed by atoms with Crippen LogP contribution in [0.3, 0.4) is 0 Å². The highest BCUT2D eigenvalue weighted by Crippen LogP contribution is 2.45. The summed E-state index contributed by atoms with van der Waals surface area (Å²) in [5.41, 5.74) is -0.875. The summed E-state index contributed by atoms with van der Waals surface area (Å²) in [6.07, 6.45) is 3.54. The summed E-state index contributed by atoms with van der Waals surface area (Å²) in [7, 11) is 0. The summed E-state index contributed by atoms with van der Waals surface area (Å²) in [5.74, 6) is -1.82. The van der Waals surface area contributed by atoms with E-state index < -0.39 is 18.2 Å². The molecule has 1 aliphatic carbocycles. The molecule has 1 N–H and O–H groups in total. The topological polar surface area (TPSA) is 96.0 Å². The fraction of sp³-hybridized carbons (Fsp3) is 0.400. The third kappa shape index (κ3) is 2.76. The maximum atomic E-state index is 13.2. The van der Waals surface area contributed by atoms with E-state index in [4.69, 9.17) is 4.74 Å². The lowest BCUT2D eigenvalue weighted by molar-refractivity contribution is -0.159. The monoisotopic (exact) mass is 383 g/mol. The van der Waals surface area contributed by atoms with Gasteiger partial charge in [-0.05, 0) is 25.0 Å². The first kappa shape index (κ1) is 18.2. The molecule has 0 bridgehead atoms. The van der Waals surface area contributed by atoms with Gasteiger partial charge in [0.2, 0.25) is 11.6 Å². The van der Waals surface area contributed by atoms with E-state index in [1.807, 2.05) is 0 Å². The van der Waals surface area contributed by atoms with Crippen molar-refractivity contribution in [2.24, 2.45) is 0 Å². The van der Waals surface area contributed by atoms with Gasteiger partial charge in [-0.25, -0.2) is 4.79 Å². The van der Waals surface area contributed by atoms with Crippen molar-refractivity contribution in [2.45, 2.75) is 37.4 Å². The molecule has 1 saturated heterocycles. The number of amides is 3. The number of ether oxygens (including phenoxy) is 1. The Balaban J connectivity index is 1.69. The van der Waals surface area contributed by atoms with Crippen LogP contribution in [-0.4, -0.2) is 53.4 Å². The first-order chi connectivity index (χ1) is 13.5. The molecule has 2 fully saturated rings. The van der Waals surface area contributed by atoms with E-state index in [-0.39, 0.29) is 43.1 Å². The molecule has 1 atom stereocenters. The number of rotatable bonds is 6. The normalized spacial score (nSPS) is 23.1. The molecule has 2 aliphatic heterocycles. The van der Waals surface area contributed by atoms with Gasteiger partial charge in [0.05, 0.1) is 11.3 Å². The molecule has 0 radical (unpaired) electrons. The van der Waals surface area contributed by atoms with E-state index in [0.29, 0.717) is 11.3 Å². The minimum atomic E-state index is -1.60. The lowest BCUT2D eigenvalue weighted by Crippen LogP contribution is -2.68. The van der Waals surface area contributed by atoms with Gasteiger partial charge in [0.1, 0.15) is 0 Å². The molecular weight excluding hydrogens is 362 g/mol. The second-order valence-corrected chi connectivity index (χ2v) is 7.19. The number of hydrogen-bond acceptors (Lipinski definition) is 5. The number of benzene rings is 1. The quantitative estimate of drug-likeness (QED) is 0.583. The second kappa shape index (κ2) is 6.78. The Hall–Kier alpha value is -3.16. The first-order valence-electron chi connectivity index (χ1n) is 9.30. The van der Waals surface area contributed by atoms with E-state index in [9.17, 15) is 19.2 Å². The largest absolute Gasteiger partial charge is 0.452 e. The highest BCUT2D eigenvalue weighted by molar-refractivity contribution is 6.15. The second-order valence-electron chi connectivity index (χ2n) is 7.19. The van der Waals surface area contributed by atoms with Gasteiger partial charge in [-0.2, -0.15) is 0 Å². The van der Waals surface area contributed by atoms with E-state index in [1.165, 1.54) is 15.9 Å². The van der Waals surface area contributed by atoms with Crippen LogP contribution < -0.4 is 10.2 Å². The molecule has 3 aliphatic rings. The van der Waals surface area contributed by atoms with Crippen molar-refractivity contribution in [3.05, 3.63) is 42.5 Å². The Bertz CT molecular complexity index is 878. The van der Waals surface area contributed by atoms with Crippen molar-refractivity contribution >= 4 is 29.4 Å². The van der Waals surface area contributed by atoms with Crippen molar-refractivity contribution in [1.82, 2.24) is 10.2 Å². The lowest BCUT2D eigenvalue weighted by Gasteiger charge is -2.47. The SMILES string of the molecule is C=CCN1C(=O)c2ccccc2N2C(=O)CC[C@]12C(=O)OCC(=O)NC1CC1. The molecule has 8 nitrogen and oxygen atoms in total. The smallest absolute Gasteiger partial charge is 0.354 e. The average Bonchev–Trinajstić information content (AvgIpc) is 3.43. The number of nitrogens with zero attached hydrogens (tertiary/aromatic N) is 2.